The predicted molar refractivity (Wildman–Crippen MR) is 61.5 cm³/mol. The normalized spacial score (nSPS) is 30.7. The van der Waals surface area contributed by atoms with Crippen molar-refractivity contribution in [2.45, 2.75) is 25.1 Å². The van der Waals surface area contributed by atoms with Crippen LogP contribution in [-0.2, 0) is 6.18 Å². The fraction of sp³-hybridized carbons (Fsp3) is 0.667. The fourth-order valence-electron chi connectivity index (χ4n) is 3.06. The first-order chi connectivity index (χ1) is 8.95. The molecule has 0 spiro atoms. The van der Waals surface area contributed by atoms with Crippen LogP contribution in [0.15, 0.2) is 12.3 Å². The van der Waals surface area contributed by atoms with E-state index >= 15 is 0 Å². The van der Waals surface area contributed by atoms with Gasteiger partial charge in [-0.15, -0.1) is 0 Å². The summed E-state index contributed by atoms with van der Waals surface area (Å²) in [5.41, 5.74) is -0.921. The molecule has 0 amide bonds. The summed E-state index contributed by atoms with van der Waals surface area (Å²) >= 11 is 0. The van der Waals surface area contributed by atoms with Crippen LogP contribution in [-0.4, -0.2) is 34.3 Å². The summed E-state index contributed by atoms with van der Waals surface area (Å²) in [6, 6.07) is 0.870. The quantitative estimate of drug-likeness (QED) is 0.846. The lowest BCUT2D eigenvalue weighted by Crippen LogP contribution is -2.26. The molecule has 1 aromatic rings. The van der Waals surface area contributed by atoms with Gasteiger partial charge in [0.15, 0.2) is 0 Å². The Morgan fingerprint density at radius 1 is 1.26 bits per heavy atom. The first-order valence-corrected chi connectivity index (χ1v) is 6.28. The van der Waals surface area contributed by atoms with Gasteiger partial charge >= 0.3 is 6.18 Å². The smallest absolute Gasteiger partial charge is 0.393 e. The molecule has 1 saturated carbocycles. The maximum Gasteiger partial charge on any atom is 0.433 e. The summed E-state index contributed by atoms with van der Waals surface area (Å²) in [6.07, 6.45) is -1.96. The molecule has 3 atom stereocenters. The van der Waals surface area contributed by atoms with E-state index in [4.69, 9.17) is 0 Å². The SMILES string of the molecule is OC1CCC2CN(c3nccc(C(F)(F)F)n3)CC12. The van der Waals surface area contributed by atoms with Crippen LogP contribution in [0.5, 0.6) is 0 Å². The molecule has 1 saturated heterocycles. The molecule has 19 heavy (non-hydrogen) atoms. The van der Waals surface area contributed by atoms with Crippen LogP contribution in [0.25, 0.3) is 0 Å². The molecule has 1 aromatic heterocycles. The maximum atomic E-state index is 12.6. The van der Waals surface area contributed by atoms with Crippen molar-refractivity contribution >= 4 is 5.95 Å². The number of fused-ring (bicyclic) bond motifs is 1. The highest BCUT2D eigenvalue weighted by Gasteiger charge is 2.43. The molecule has 7 heteroatoms. The van der Waals surface area contributed by atoms with E-state index in [2.05, 4.69) is 9.97 Å². The second-order valence-corrected chi connectivity index (χ2v) is 5.21. The van der Waals surface area contributed by atoms with Crippen molar-refractivity contribution < 1.29 is 18.3 Å². The number of hydrogen-bond acceptors (Lipinski definition) is 4. The second kappa shape index (κ2) is 4.33. The molecular weight excluding hydrogens is 259 g/mol. The molecule has 2 heterocycles. The minimum atomic E-state index is -4.45. The lowest BCUT2D eigenvalue weighted by Gasteiger charge is -2.19. The highest BCUT2D eigenvalue weighted by Crippen LogP contribution is 2.39. The molecule has 1 aliphatic carbocycles. The number of rotatable bonds is 1. The van der Waals surface area contributed by atoms with Crippen molar-refractivity contribution in [1.82, 2.24) is 9.97 Å². The molecule has 0 bridgehead atoms. The van der Waals surface area contributed by atoms with Crippen LogP contribution in [0, 0.1) is 11.8 Å². The standard InChI is InChI=1S/C12H14F3N3O/c13-12(14,15)10-3-4-16-11(17-10)18-5-7-1-2-9(19)8(7)6-18/h3-4,7-9,19H,1-2,5-6H2. The molecule has 2 fully saturated rings. The van der Waals surface area contributed by atoms with Gasteiger partial charge in [-0.3, -0.25) is 0 Å². The summed E-state index contributed by atoms with van der Waals surface area (Å²) in [7, 11) is 0. The number of nitrogens with zero attached hydrogens (tertiary/aromatic N) is 3. The van der Waals surface area contributed by atoms with Gasteiger partial charge in [-0.1, -0.05) is 0 Å². The van der Waals surface area contributed by atoms with E-state index in [1.165, 1.54) is 0 Å². The van der Waals surface area contributed by atoms with Crippen LogP contribution in [0.4, 0.5) is 19.1 Å². The number of hydrogen-bond donors (Lipinski definition) is 1. The molecule has 0 aromatic carbocycles. The minimum absolute atomic E-state index is 0.108. The van der Waals surface area contributed by atoms with Gasteiger partial charge < -0.3 is 10.0 Å². The molecule has 1 aliphatic heterocycles. The van der Waals surface area contributed by atoms with E-state index in [0.717, 1.165) is 25.1 Å². The average molecular weight is 273 g/mol. The number of halogens is 3. The van der Waals surface area contributed by atoms with Crippen molar-refractivity contribution in [2.24, 2.45) is 11.8 Å². The summed E-state index contributed by atoms with van der Waals surface area (Å²) in [5.74, 6) is 0.586. The topological polar surface area (TPSA) is 49.2 Å². The van der Waals surface area contributed by atoms with E-state index < -0.39 is 11.9 Å². The summed E-state index contributed by atoms with van der Waals surface area (Å²) in [5, 5.41) is 9.80. The Labute approximate surface area is 108 Å². The van der Waals surface area contributed by atoms with Crippen LogP contribution >= 0.6 is 0 Å². The number of aliphatic hydroxyl groups is 1. The Kier molecular flexibility index (Phi) is 2.88. The third kappa shape index (κ3) is 2.27. The average Bonchev–Trinajstić information content (AvgIpc) is 2.91. The van der Waals surface area contributed by atoms with Gasteiger partial charge in [-0.05, 0) is 24.8 Å². The molecular formula is C12H14F3N3O. The Morgan fingerprint density at radius 3 is 2.74 bits per heavy atom. The number of aliphatic hydroxyl groups excluding tert-OH is 1. The largest absolute Gasteiger partial charge is 0.433 e. The van der Waals surface area contributed by atoms with Gasteiger partial charge in [0.2, 0.25) is 5.95 Å². The predicted octanol–water partition coefficient (Wildman–Crippen LogP) is 1.70. The van der Waals surface area contributed by atoms with Crippen LogP contribution < -0.4 is 4.90 Å². The summed E-state index contributed by atoms with van der Waals surface area (Å²) < 4.78 is 37.8. The fourth-order valence-corrected chi connectivity index (χ4v) is 3.06. The van der Waals surface area contributed by atoms with E-state index in [-0.39, 0.29) is 18.0 Å². The van der Waals surface area contributed by atoms with Gasteiger partial charge in [-0.25, -0.2) is 9.97 Å². The minimum Gasteiger partial charge on any atom is -0.393 e. The molecule has 0 radical (unpaired) electrons. The molecule has 3 rings (SSSR count). The highest BCUT2D eigenvalue weighted by molar-refractivity contribution is 5.34. The van der Waals surface area contributed by atoms with Gasteiger partial charge in [-0.2, -0.15) is 13.2 Å². The van der Waals surface area contributed by atoms with Crippen LogP contribution in [0.1, 0.15) is 18.5 Å². The highest BCUT2D eigenvalue weighted by atomic mass is 19.4. The van der Waals surface area contributed by atoms with Crippen molar-refractivity contribution in [2.75, 3.05) is 18.0 Å². The van der Waals surface area contributed by atoms with Crippen molar-refractivity contribution in [3.8, 4) is 0 Å². The molecule has 2 aliphatic rings. The second-order valence-electron chi connectivity index (χ2n) is 5.21. The van der Waals surface area contributed by atoms with Gasteiger partial charge in [0.25, 0.3) is 0 Å². The van der Waals surface area contributed by atoms with Gasteiger partial charge in [0.05, 0.1) is 6.10 Å². The maximum absolute atomic E-state index is 12.6. The Hall–Kier alpha value is -1.37. The Balaban J connectivity index is 1.81. The Bertz CT molecular complexity index is 480. The molecule has 3 unspecified atom stereocenters. The number of alkyl halides is 3. The van der Waals surface area contributed by atoms with E-state index in [9.17, 15) is 18.3 Å². The van der Waals surface area contributed by atoms with Gasteiger partial charge in [0.1, 0.15) is 5.69 Å². The molecule has 4 nitrogen and oxygen atoms in total. The zero-order valence-electron chi connectivity index (χ0n) is 10.1. The van der Waals surface area contributed by atoms with E-state index in [1.807, 2.05) is 0 Å². The molecule has 1 N–H and O–H groups in total. The summed E-state index contributed by atoms with van der Waals surface area (Å²) in [6.45, 7) is 1.16. The van der Waals surface area contributed by atoms with Crippen LogP contribution in [0.2, 0.25) is 0 Å². The van der Waals surface area contributed by atoms with Crippen molar-refractivity contribution in [3.05, 3.63) is 18.0 Å². The zero-order valence-corrected chi connectivity index (χ0v) is 10.1. The first kappa shape index (κ1) is 12.7. The number of aromatic nitrogens is 2. The lowest BCUT2D eigenvalue weighted by atomic mass is 10.00. The van der Waals surface area contributed by atoms with Gasteiger partial charge in [0, 0.05) is 25.2 Å². The zero-order chi connectivity index (χ0) is 13.6. The number of anilines is 1. The van der Waals surface area contributed by atoms with E-state index in [1.54, 1.807) is 4.90 Å². The van der Waals surface area contributed by atoms with Crippen molar-refractivity contribution in [1.29, 1.82) is 0 Å². The monoisotopic (exact) mass is 273 g/mol. The van der Waals surface area contributed by atoms with Crippen molar-refractivity contribution in [3.63, 3.8) is 0 Å². The lowest BCUT2D eigenvalue weighted by molar-refractivity contribution is -0.141. The molecule has 104 valence electrons. The van der Waals surface area contributed by atoms with E-state index in [0.29, 0.717) is 19.0 Å². The third-order valence-electron chi connectivity index (χ3n) is 4.04. The Morgan fingerprint density at radius 2 is 2.05 bits per heavy atom. The summed E-state index contributed by atoms with van der Waals surface area (Å²) in [4.78, 5) is 9.25. The first-order valence-electron chi connectivity index (χ1n) is 6.28. The third-order valence-corrected chi connectivity index (χ3v) is 4.04. The van der Waals surface area contributed by atoms with Crippen LogP contribution in [0.3, 0.4) is 0 Å².